The smallest absolute Gasteiger partial charge is 0.146 e. The van der Waals surface area contributed by atoms with Gasteiger partial charge < -0.3 is 20.1 Å². The molecule has 0 aromatic heterocycles. The van der Waals surface area contributed by atoms with E-state index in [1.807, 2.05) is 24.3 Å². The van der Waals surface area contributed by atoms with Gasteiger partial charge in [0.05, 0.1) is 19.4 Å². The Morgan fingerprint density at radius 2 is 1.96 bits per heavy atom. The highest BCUT2D eigenvalue weighted by Crippen LogP contribution is 2.20. The summed E-state index contributed by atoms with van der Waals surface area (Å²) in [6, 6.07) is 12.9. The molecule has 0 bridgehead atoms. The zero-order valence-electron chi connectivity index (χ0n) is 13.6. The zero-order valence-corrected chi connectivity index (χ0v) is 13.6. The number of halogens is 1. The Labute approximate surface area is 136 Å². The van der Waals surface area contributed by atoms with Gasteiger partial charge in [0.25, 0.3) is 0 Å². The maximum Gasteiger partial charge on any atom is 0.146 e. The van der Waals surface area contributed by atoms with Gasteiger partial charge in [-0.2, -0.15) is 0 Å². The van der Waals surface area contributed by atoms with Crippen LogP contribution in [0.1, 0.15) is 11.1 Å². The summed E-state index contributed by atoms with van der Waals surface area (Å²) in [6.45, 7) is 1.68. The van der Waals surface area contributed by atoms with E-state index in [-0.39, 0.29) is 12.4 Å². The molecule has 0 unspecified atom stereocenters. The van der Waals surface area contributed by atoms with Crippen LogP contribution in [0.4, 0.5) is 10.1 Å². The minimum atomic E-state index is -0.283. The number of benzene rings is 2. The van der Waals surface area contributed by atoms with E-state index in [2.05, 4.69) is 5.32 Å². The number of aliphatic hydroxyl groups is 1. The number of likely N-dealkylation sites (N-methyl/N-ethyl adjacent to an activating group) is 1. The number of nitrogens with zero attached hydrogens (tertiary/aromatic N) is 1. The van der Waals surface area contributed by atoms with Crippen molar-refractivity contribution in [2.24, 2.45) is 0 Å². The number of anilines is 1. The molecule has 0 aliphatic heterocycles. The number of hydrogen-bond donors (Lipinski definition) is 2. The van der Waals surface area contributed by atoms with Gasteiger partial charge in [-0.3, -0.25) is 0 Å². The van der Waals surface area contributed by atoms with Crippen molar-refractivity contribution in [3.63, 3.8) is 0 Å². The van der Waals surface area contributed by atoms with Crippen molar-refractivity contribution < 1.29 is 14.2 Å². The molecule has 2 rings (SSSR count). The lowest BCUT2D eigenvalue weighted by atomic mass is 10.1. The predicted molar refractivity (Wildman–Crippen MR) is 90.3 cm³/mol. The van der Waals surface area contributed by atoms with E-state index in [0.717, 1.165) is 16.9 Å². The summed E-state index contributed by atoms with van der Waals surface area (Å²) in [5.41, 5.74) is 2.56. The minimum Gasteiger partial charge on any atom is -0.496 e. The molecule has 0 heterocycles. The second-order valence-electron chi connectivity index (χ2n) is 5.35. The number of aliphatic hydroxyl groups excluding tert-OH is 1. The molecule has 0 atom stereocenters. The molecular formula is C18H23FN2O2. The average molecular weight is 318 g/mol. The summed E-state index contributed by atoms with van der Waals surface area (Å²) < 4.78 is 19.2. The first kappa shape index (κ1) is 17.2. The van der Waals surface area contributed by atoms with Crippen molar-refractivity contribution in [2.45, 2.75) is 13.1 Å². The molecule has 0 aliphatic carbocycles. The standard InChI is InChI=1S/C18H23FN2O2/c1-21(9-10-22)17-11-14(7-8-16(17)19)12-20-13-15-5-3-4-6-18(15)23-2/h3-8,11,20,22H,9-10,12-13H2,1-2H3. The molecule has 2 N–H and O–H groups in total. The largest absolute Gasteiger partial charge is 0.496 e. The Kier molecular flexibility index (Phi) is 6.38. The fraction of sp³-hybridized carbons (Fsp3) is 0.333. The van der Waals surface area contributed by atoms with Crippen LogP contribution in [0.15, 0.2) is 42.5 Å². The van der Waals surface area contributed by atoms with Crippen LogP contribution in [-0.2, 0) is 13.1 Å². The first-order chi connectivity index (χ1) is 11.2. The molecule has 0 radical (unpaired) electrons. The third-order valence-electron chi connectivity index (χ3n) is 3.69. The Morgan fingerprint density at radius 1 is 1.17 bits per heavy atom. The van der Waals surface area contributed by atoms with Crippen molar-refractivity contribution in [3.8, 4) is 5.75 Å². The molecule has 4 nitrogen and oxygen atoms in total. The summed E-state index contributed by atoms with van der Waals surface area (Å²) >= 11 is 0. The monoisotopic (exact) mass is 318 g/mol. The Balaban J connectivity index is 1.99. The SMILES string of the molecule is COc1ccccc1CNCc1ccc(F)c(N(C)CCO)c1. The van der Waals surface area contributed by atoms with Crippen LogP contribution < -0.4 is 15.0 Å². The lowest BCUT2D eigenvalue weighted by molar-refractivity contribution is 0.303. The fourth-order valence-corrected chi connectivity index (χ4v) is 2.42. The van der Waals surface area contributed by atoms with Crippen LogP contribution in [0.2, 0.25) is 0 Å². The molecule has 5 heteroatoms. The molecule has 0 aliphatic rings. The van der Waals surface area contributed by atoms with Gasteiger partial charge in [-0.15, -0.1) is 0 Å². The van der Waals surface area contributed by atoms with Gasteiger partial charge in [0.1, 0.15) is 11.6 Å². The Morgan fingerprint density at radius 3 is 2.70 bits per heavy atom. The molecule has 0 spiro atoms. The average Bonchev–Trinajstić information content (AvgIpc) is 2.57. The van der Waals surface area contributed by atoms with Gasteiger partial charge >= 0.3 is 0 Å². The minimum absolute atomic E-state index is 0.00772. The quantitative estimate of drug-likeness (QED) is 0.785. The van der Waals surface area contributed by atoms with Gasteiger partial charge in [-0.1, -0.05) is 24.3 Å². The number of methoxy groups -OCH3 is 1. The molecule has 0 saturated carbocycles. The lowest BCUT2D eigenvalue weighted by Gasteiger charge is -2.19. The Bertz CT molecular complexity index is 634. The van der Waals surface area contributed by atoms with Crippen LogP contribution in [0.5, 0.6) is 5.75 Å². The van der Waals surface area contributed by atoms with Gasteiger partial charge in [0.2, 0.25) is 0 Å². The molecule has 2 aromatic carbocycles. The van der Waals surface area contributed by atoms with Gasteiger partial charge in [-0.05, 0) is 23.8 Å². The normalized spacial score (nSPS) is 10.6. The highest BCUT2D eigenvalue weighted by atomic mass is 19.1. The molecule has 2 aromatic rings. The summed E-state index contributed by atoms with van der Waals surface area (Å²) in [4.78, 5) is 1.71. The van der Waals surface area contributed by atoms with Crippen molar-refractivity contribution in [2.75, 3.05) is 32.2 Å². The topological polar surface area (TPSA) is 44.7 Å². The predicted octanol–water partition coefficient (Wildman–Crippen LogP) is 2.55. The third kappa shape index (κ3) is 4.68. The Hall–Kier alpha value is -2.11. The maximum atomic E-state index is 13.9. The number of para-hydroxylation sites is 1. The number of nitrogens with one attached hydrogen (secondary N) is 1. The fourth-order valence-electron chi connectivity index (χ4n) is 2.42. The van der Waals surface area contributed by atoms with E-state index in [1.165, 1.54) is 6.07 Å². The van der Waals surface area contributed by atoms with Crippen LogP contribution in [0.3, 0.4) is 0 Å². The maximum absolute atomic E-state index is 13.9. The third-order valence-corrected chi connectivity index (χ3v) is 3.69. The second-order valence-corrected chi connectivity index (χ2v) is 5.35. The van der Waals surface area contributed by atoms with Crippen molar-refractivity contribution in [1.29, 1.82) is 0 Å². The first-order valence-corrected chi connectivity index (χ1v) is 7.58. The van der Waals surface area contributed by atoms with Crippen LogP contribution in [-0.4, -0.2) is 32.4 Å². The van der Waals surface area contributed by atoms with Crippen LogP contribution in [0, 0.1) is 5.82 Å². The van der Waals surface area contributed by atoms with E-state index < -0.39 is 0 Å². The van der Waals surface area contributed by atoms with E-state index >= 15 is 0 Å². The molecular weight excluding hydrogens is 295 g/mol. The zero-order chi connectivity index (χ0) is 16.7. The van der Waals surface area contributed by atoms with E-state index in [0.29, 0.717) is 25.3 Å². The molecule has 0 saturated heterocycles. The molecule has 0 amide bonds. The van der Waals surface area contributed by atoms with Gasteiger partial charge in [0, 0.05) is 32.2 Å². The van der Waals surface area contributed by atoms with Crippen molar-refractivity contribution in [1.82, 2.24) is 5.32 Å². The number of ether oxygens (including phenoxy) is 1. The second kappa shape index (κ2) is 8.50. The number of rotatable bonds is 8. The van der Waals surface area contributed by atoms with Gasteiger partial charge in [-0.25, -0.2) is 4.39 Å². The van der Waals surface area contributed by atoms with E-state index in [4.69, 9.17) is 9.84 Å². The van der Waals surface area contributed by atoms with Crippen LogP contribution in [0.25, 0.3) is 0 Å². The first-order valence-electron chi connectivity index (χ1n) is 7.58. The summed E-state index contributed by atoms with van der Waals surface area (Å²) in [5, 5.41) is 12.3. The van der Waals surface area contributed by atoms with Crippen molar-refractivity contribution >= 4 is 5.69 Å². The highest BCUT2D eigenvalue weighted by molar-refractivity contribution is 5.49. The van der Waals surface area contributed by atoms with Crippen molar-refractivity contribution in [3.05, 3.63) is 59.4 Å². The summed E-state index contributed by atoms with van der Waals surface area (Å²) in [5.74, 6) is 0.567. The van der Waals surface area contributed by atoms with E-state index in [1.54, 1.807) is 31.2 Å². The lowest BCUT2D eigenvalue weighted by Crippen LogP contribution is -2.22. The number of hydrogen-bond acceptors (Lipinski definition) is 4. The van der Waals surface area contributed by atoms with Crippen LogP contribution >= 0.6 is 0 Å². The molecule has 124 valence electrons. The molecule has 23 heavy (non-hydrogen) atoms. The molecule has 0 fully saturated rings. The van der Waals surface area contributed by atoms with E-state index in [9.17, 15) is 4.39 Å². The van der Waals surface area contributed by atoms with Gasteiger partial charge in [0.15, 0.2) is 0 Å². The highest BCUT2D eigenvalue weighted by Gasteiger charge is 2.08. The summed E-state index contributed by atoms with van der Waals surface area (Å²) in [6.07, 6.45) is 0. The summed E-state index contributed by atoms with van der Waals surface area (Å²) in [7, 11) is 3.42.